The number of carbonyl (C=O) groups excluding carboxylic acids is 2. The maximum absolute atomic E-state index is 12.2. The summed E-state index contributed by atoms with van der Waals surface area (Å²) < 4.78 is 10.7. The molecule has 1 unspecified atom stereocenters. The number of urea groups is 1. The maximum atomic E-state index is 12.2. The molecule has 134 valence electrons. The highest BCUT2D eigenvalue weighted by Gasteiger charge is 2.23. The van der Waals surface area contributed by atoms with E-state index in [1.54, 1.807) is 13.8 Å². The van der Waals surface area contributed by atoms with Crippen molar-refractivity contribution in [1.82, 2.24) is 10.2 Å². The lowest BCUT2D eigenvalue weighted by molar-refractivity contribution is 0.108. The molecule has 0 aliphatic heterocycles. The summed E-state index contributed by atoms with van der Waals surface area (Å²) in [5.74, 6) is 0.985. The first-order chi connectivity index (χ1) is 11.4. The second-order valence-electron chi connectivity index (χ2n) is 5.54. The van der Waals surface area contributed by atoms with E-state index in [0.29, 0.717) is 5.75 Å². The molecule has 0 heterocycles. The van der Waals surface area contributed by atoms with E-state index < -0.39 is 18.4 Å². The van der Waals surface area contributed by atoms with Gasteiger partial charge < -0.3 is 20.5 Å². The van der Waals surface area contributed by atoms with Gasteiger partial charge >= 0.3 is 12.1 Å². The topological polar surface area (TPSA) is 93.9 Å². The van der Waals surface area contributed by atoms with Crippen molar-refractivity contribution in [2.24, 2.45) is 5.73 Å². The van der Waals surface area contributed by atoms with Gasteiger partial charge in [0.15, 0.2) is 6.23 Å². The number of imide groups is 1. The summed E-state index contributed by atoms with van der Waals surface area (Å²) in [6.07, 6.45) is -1.35. The number of amides is 3. The third-order valence-corrected chi connectivity index (χ3v) is 3.26. The van der Waals surface area contributed by atoms with Gasteiger partial charge in [-0.2, -0.15) is 0 Å². The average Bonchev–Trinajstić information content (AvgIpc) is 2.52. The van der Waals surface area contributed by atoms with Crippen LogP contribution in [0.1, 0.15) is 39.2 Å². The number of para-hydroxylation sites is 1. The molecular weight excluding hydrogens is 310 g/mol. The molecule has 0 fully saturated rings. The Morgan fingerprint density at radius 3 is 2.50 bits per heavy atom. The molecule has 1 atom stereocenters. The SMILES string of the molecule is CCOC(=O)N(CCN)C(=O)NC(C)Oc1ccccc1C(C)C. The van der Waals surface area contributed by atoms with Gasteiger partial charge in [0.1, 0.15) is 5.75 Å². The van der Waals surface area contributed by atoms with Crippen LogP contribution in [0, 0.1) is 0 Å². The zero-order chi connectivity index (χ0) is 18.1. The third-order valence-electron chi connectivity index (χ3n) is 3.26. The van der Waals surface area contributed by atoms with Crippen LogP contribution in [0.25, 0.3) is 0 Å². The first-order valence-corrected chi connectivity index (χ1v) is 8.11. The van der Waals surface area contributed by atoms with Crippen molar-refractivity contribution in [2.75, 3.05) is 19.7 Å². The lowest BCUT2D eigenvalue weighted by Gasteiger charge is -2.24. The molecule has 1 aromatic carbocycles. The van der Waals surface area contributed by atoms with Crippen molar-refractivity contribution in [3.05, 3.63) is 29.8 Å². The second-order valence-corrected chi connectivity index (χ2v) is 5.54. The highest BCUT2D eigenvalue weighted by molar-refractivity contribution is 5.90. The van der Waals surface area contributed by atoms with Crippen LogP contribution in [0.15, 0.2) is 24.3 Å². The maximum Gasteiger partial charge on any atom is 0.418 e. The normalized spacial score (nSPS) is 11.8. The summed E-state index contributed by atoms with van der Waals surface area (Å²) in [4.78, 5) is 25.0. The predicted octanol–water partition coefficient (Wildman–Crippen LogP) is 2.66. The molecule has 0 saturated carbocycles. The Balaban J connectivity index is 2.73. The summed E-state index contributed by atoms with van der Waals surface area (Å²) >= 11 is 0. The van der Waals surface area contributed by atoms with Crippen molar-refractivity contribution in [3.8, 4) is 5.75 Å². The quantitative estimate of drug-likeness (QED) is 0.746. The summed E-state index contributed by atoms with van der Waals surface area (Å²) in [7, 11) is 0. The first-order valence-electron chi connectivity index (χ1n) is 8.11. The summed E-state index contributed by atoms with van der Waals surface area (Å²) in [6.45, 7) is 7.90. The van der Waals surface area contributed by atoms with Crippen molar-refractivity contribution in [2.45, 2.75) is 39.8 Å². The predicted molar refractivity (Wildman–Crippen MR) is 91.9 cm³/mol. The standard InChI is InChI=1S/C17H27N3O4/c1-5-23-17(22)20(11-10-18)16(21)19-13(4)24-15-9-7-6-8-14(15)12(2)3/h6-9,12-13H,5,10-11,18H2,1-4H3,(H,19,21). The van der Waals surface area contributed by atoms with E-state index >= 15 is 0 Å². The molecule has 3 N–H and O–H groups in total. The Bertz CT molecular complexity index is 548. The van der Waals surface area contributed by atoms with Crippen molar-refractivity contribution < 1.29 is 19.1 Å². The summed E-state index contributed by atoms with van der Waals surface area (Å²) in [6, 6.07) is 7.03. The van der Waals surface area contributed by atoms with Crippen LogP contribution < -0.4 is 15.8 Å². The number of carbonyl (C=O) groups is 2. The van der Waals surface area contributed by atoms with Crippen LogP contribution in [0.3, 0.4) is 0 Å². The molecule has 0 aromatic heterocycles. The number of rotatable bonds is 7. The minimum Gasteiger partial charge on any atom is -0.471 e. The molecule has 0 aliphatic rings. The average molecular weight is 337 g/mol. The van der Waals surface area contributed by atoms with Gasteiger partial charge in [-0.15, -0.1) is 0 Å². The Morgan fingerprint density at radius 1 is 1.25 bits per heavy atom. The fourth-order valence-electron chi connectivity index (χ4n) is 2.14. The van der Waals surface area contributed by atoms with Gasteiger partial charge in [0.2, 0.25) is 0 Å². The Morgan fingerprint density at radius 2 is 1.92 bits per heavy atom. The molecule has 0 spiro atoms. The van der Waals surface area contributed by atoms with E-state index in [4.69, 9.17) is 15.2 Å². The number of hydrogen-bond acceptors (Lipinski definition) is 5. The number of nitrogens with two attached hydrogens (primary N) is 1. The minimum absolute atomic E-state index is 0.0694. The summed E-state index contributed by atoms with van der Waals surface area (Å²) in [5.41, 5.74) is 6.49. The zero-order valence-corrected chi connectivity index (χ0v) is 14.7. The van der Waals surface area contributed by atoms with Gasteiger partial charge in [0.05, 0.1) is 6.61 Å². The van der Waals surface area contributed by atoms with Crippen LogP contribution >= 0.6 is 0 Å². The number of nitrogens with one attached hydrogen (secondary N) is 1. The highest BCUT2D eigenvalue weighted by atomic mass is 16.6. The van der Waals surface area contributed by atoms with Gasteiger partial charge in [-0.1, -0.05) is 32.0 Å². The fraction of sp³-hybridized carbons (Fsp3) is 0.529. The van der Waals surface area contributed by atoms with Crippen LogP contribution in [0.2, 0.25) is 0 Å². The monoisotopic (exact) mass is 337 g/mol. The van der Waals surface area contributed by atoms with Gasteiger partial charge in [-0.3, -0.25) is 0 Å². The van der Waals surface area contributed by atoms with Gasteiger partial charge in [-0.25, -0.2) is 14.5 Å². The number of ether oxygens (including phenoxy) is 2. The highest BCUT2D eigenvalue weighted by Crippen LogP contribution is 2.26. The molecule has 1 aromatic rings. The van der Waals surface area contributed by atoms with Crippen LogP contribution in [-0.4, -0.2) is 42.9 Å². The van der Waals surface area contributed by atoms with Gasteiger partial charge in [-0.05, 0) is 31.4 Å². The minimum atomic E-state index is -0.727. The lowest BCUT2D eigenvalue weighted by atomic mass is 10.0. The van der Waals surface area contributed by atoms with Crippen molar-refractivity contribution in [1.29, 1.82) is 0 Å². The van der Waals surface area contributed by atoms with Crippen LogP contribution in [-0.2, 0) is 4.74 Å². The van der Waals surface area contributed by atoms with E-state index in [9.17, 15) is 9.59 Å². The molecule has 1 rings (SSSR count). The molecule has 7 nitrogen and oxygen atoms in total. The van der Waals surface area contributed by atoms with E-state index in [1.807, 2.05) is 24.3 Å². The number of nitrogens with zero attached hydrogens (tertiary/aromatic N) is 1. The third kappa shape index (κ3) is 5.73. The molecule has 0 bridgehead atoms. The molecule has 0 radical (unpaired) electrons. The van der Waals surface area contributed by atoms with Crippen LogP contribution in [0.5, 0.6) is 5.75 Å². The Hall–Kier alpha value is -2.28. The van der Waals surface area contributed by atoms with E-state index in [0.717, 1.165) is 10.5 Å². The largest absolute Gasteiger partial charge is 0.471 e. The Labute approximate surface area is 143 Å². The van der Waals surface area contributed by atoms with Crippen LogP contribution in [0.4, 0.5) is 9.59 Å². The lowest BCUT2D eigenvalue weighted by Crippen LogP contribution is -2.50. The number of benzene rings is 1. The van der Waals surface area contributed by atoms with E-state index in [-0.39, 0.29) is 25.6 Å². The molecule has 7 heteroatoms. The van der Waals surface area contributed by atoms with Crippen molar-refractivity contribution in [3.63, 3.8) is 0 Å². The smallest absolute Gasteiger partial charge is 0.418 e. The molecule has 0 aliphatic carbocycles. The zero-order valence-electron chi connectivity index (χ0n) is 14.7. The molecule has 24 heavy (non-hydrogen) atoms. The Kier molecular flexibility index (Phi) is 8.05. The number of hydrogen-bond donors (Lipinski definition) is 2. The van der Waals surface area contributed by atoms with Gasteiger partial charge in [0, 0.05) is 13.1 Å². The van der Waals surface area contributed by atoms with E-state index in [2.05, 4.69) is 19.2 Å². The summed E-state index contributed by atoms with van der Waals surface area (Å²) in [5, 5.41) is 2.63. The first kappa shape index (κ1) is 19.8. The van der Waals surface area contributed by atoms with E-state index in [1.165, 1.54) is 0 Å². The molecule has 3 amide bonds. The molecular formula is C17H27N3O4. The molecule has 0 saturated heterocycles. The van der Waals surface area contributed by atoms with Gasteiger partial charge in [0.25, 0.3) is 0 Å². The van der Waals surface area contributed by atoms with Crippen molar-refractivity contribution >= 4 is 12.1 Å². The second kappa shape index (κ2) is 9.77. The fourth-order valence-corrected chi connectivity index (χ4v) is 2.14.